The van der Waals surface area contributed by atoms with Crippen LogP contribution in [0.4, 0.5) is 0 Å². The SMILES string of the molecule is CCCCN(CCCC)C(C#N)c1ccc(OC)c(OC)c1. The van der Waals surface area contributed by atoms with Gasteiger partial charge >= 0.3 is 0 Å². The lowest BCUT2D eigenvalue weighted by Crippen LogP contribution is -2.30. The molecule has 0 spiro atoms. The van der Waals surface area contributed by atoms with Crippen molar-refractivity contribution in [3.8, 4) is 17.6 Å². The Morgan fingerprint density at radius 1 is 1.05 bits per heavy atom. The molecule has 1 rings (SSSR count). The van der Waals surface area contributed by atoms with Gasteiger partial charge in [0.2, 0.25) is 0 Å². The Labute approximate surface area is 134 Å². The number of methoxy groups -OCH3 is 2. The van der Waals surface area contributed by atoms with Gasteiger partial charge in [-0.1, -0.05) is 32.8 Å². The second-order valence-corrected chi connectivity index (χ2v) is 5.39. The second-order valence-electron chi connectivity index (χ2n) is 5.39. The molecule has 22 heavy (non-hydrogen) atoms. The Hall–Kier alpha value is -1.73. The fourth-order valence-electron chi connectivity index (χ4n) is 2.48. The van der Waals surface area contributed by atoms with Crippen LogP contribution >= 0.6 is 0 Å². The third-order valence-electron chi connectivity index (χ3n) is 3.81. The molecular weight excluding hydrogens is 276 g/mol. The molecule has 0 aromatic heterocycles. The van der Waals surface area contributed by atoms with Crippen molar-refractivity contribution in [2.75, 3.05) is 27.3 Å². The third kappa shape index (κ3) is 4.92. The summed E-state index contributed by atoms with van der Waals surface area (Å²) in [5, 5.41) is 9.67. The van der Waals surface area contributed by atoms with Gasteiger partial charge in [-0.2, -0.15) is 5.26 Å². The van der Waals surface area contributed by atoms with Crippen LogP contribution in [0.2, 0.25) is 0 Å². The molecule has 4 nitrogen and oxygen atoms in total. The van der Waals surface area contributed by atoms with E-state index in [0.717, 1.165) is 44.3 Å². The van der Waals surface area contributed by atoms with Gasteiger partial charge in [0.15, 0.2) is 11.5 Å². The first-order chi connectivity index (χ1) is 10.7. The minimum absolute atomic E-state index is 0.238. The molecule has 0 N–H and O–H groups in total. The zero-order valence-corrected chi connectivity index (χ0v) is 14.3. The first-order valence-corrected chi connectivity index (χ1v) is 8.07. The Balaban J connectivity index is 3.02. The smallest absolute Gasteiger partial charge is 0.161 e. The van der Waals surface area contributed by atoms with Crippen LogP contribution in [0.3, 0.4) is 0 Å². The van der Waals surface area contributed by atoms with Gasteiger partial charge in [0.25, 0.3) is 0 Å². The van der Waals surface area contributed by atoms with E-state index in [2.05, 4.69) is 24.8 Å². The predicted molar refractivity (Wildman–Crippen MR) is 89.3 cm³/mol. The predicted octanol–water partition coefficient (Wildman–Crippen LogP) is 4.17. The van der Waals surface area contributed by atoms with Crippen molar-refractivity contribution in [1.82, 2.24) is 4.90 Å². The monoisotopic (exact) mass is 304 g/mol. The minimum Gasteiger partial charge on any atom is -0.493 e. The molecule has 0 amide bonds. The van der Waals surface area contributed by atoms with Crippen LogP contribution in [0, 0.1) is 11.3 Å². The molecule has 0 saturated heterocycles. The Morgan fingerprint density at radius 3 is 2.09 bits per heavy atom. The molecule has 0 aliphatic rings. The van der Waals surface area contributed by atoms with Crippen LogP contribution in [0.15, 0.2) is 18.2 Å². The van der Waals surface area contributed by atoms with Crippen LogP contribution in [-0.2, 0) is 0 Å². The van der Waals surface area contributed by atoms with E-state index in [9.17, 15) is 5.26 Å². The van der Waals surface area contributed by atoms with Crippen molar-refractivity contribution in [3.05, 3.63) is 23.8 Å². The van der Waals surface area contributed by atoms with E-state index in [0.29, 0.717) is 11.5 Å². The number of nitriles is 1. The average Bonchev–Trinajstić information content (AvgIpc) is 2.56. The van der Waals surface area contributed by atoms with Gasteiger partial charge < -0.3 is 9.47 Å². The standard InChI is InChI=1S/C18H28N2O2/c1-5-7-11-20(12-8-6-2)16(14-19)15-9-10-17(21-3)18(13-15)22-4/h9-10,13,16H,5-8,11-12H2,1-4H3. The Bertz CT molecular complexity index is 474. The van der Waals surface area contributed by atoms with Crippen LogP contribution in [0.25, 0.3) is 0 Å². The first kappa shape index (κ1) is 18.3. The second kappa shape index (κ2) is 10.1. The van der Waals surface area contributed by atoms with Crippen LogP contribution in [0.1, 0.15) is 51.1 Å². The summed E-state index contributed by atoms with van der Waals surface area (Å²) in [5.41, 5.74) is 0.965. The highest BCUT2D eigenvalue weighted by atomic mass is 16.5. The van der Waals surface area contributed by atoms with Crippen molar-refractivity contribution in [3.63, 3.8) is 0 Å². The fourth-order valence-corrected chi connectivity index (χ4v) is 2.48. The largest absolute Gasteiger partial charge is 0.493 e. The molecule has 0 heterocycles. The quantitative estimate of drug-likeness (QED) is 0.651. The van der Waals surface area contributed by atoms with Crippen LogP contribution < -0.4 is 9.47 Å². The Kier molecular flexibility index (Phi) is 8.39. The number of nitrogens with zero attached hydrogens (tertiary/aromatic N) is 2. The average molecular weight is 304 g/mol. The molecule has 1 unspecified atom stereocenters. The lowest BCUT2D eigenvalue weighted by molar-refractivity contribution is 0.228. The molecule has 0 fully saturated rings. The van der Waals surface area contributed by atoms with Gasteiger partial charge in [-0.25, -0.2) is 0 Å². The lowest BCUT2D eigenvalue weighted by atomic mass is 10.0. The molecular formula is C18H28N2O2. The zero-order chi connectivity index (χ0) is 16.4. The normalized spacial score (nSPS) is 12.0. The maximum atomic E-state index is 9.67. The number of hydrogen-bond donors (Lipinski definition) is 0. The van der Waals surface area contributed by atoms with Gasteiger partial charge in [0, 0.05) is 0 Å². The van der Waals surface area contributed by atoms with E-state index in [4.69, 9.17) is 9.47 Å². The molecule has 0 radical (unpaired) electrons. The summed E-state index contributed by atoms with van der Waals surface area (Å²) in [4.78, 5) is 2.27. The van der Waals surface area contributed by atoms with Crippen LogP contribution in [0.5, 0.6) is 11.5 Å². The number of benzene rings is 1. The van der Waals surface area contributed by atoms with E-state index in [1.54, 1.807) is 14.2 Å². The lowest BCUT2D eigenvalue weighted by Gasteiger charge is -2.27. The molecule has 0 aliphatic carbocycles. The summed E-state index contributed by atoms with van der Waals surface area (Å²) in [5.74, 6) is 1.36. The van der Waals surface area contributed by atoms with Gasteiger partial charge in [-0.15, -0.1) is 0 Å². The van der Waals surface area contributed by atoms with Crippen molar-refractivity contribution < 1.29 is 9.47 Å². The summed E-state index contributed by atoms with van der Waals surface area (Å²) in [6.45, 7) is 6.25. The maximum Gasteiger partial charge on any atom is 0.161 e. The summed E-state index contributed by atoms with van der Waals surface area (Å²) in [7, 11) is 3.24. The van der Waals surface area contributed by atoms with Crippen molar-refractivity contribution >= 4 is 0 Å². The zero-order valence-electron chi connectivity index (χ0n) is 14.3. The summed E-state index contributed by atoms with van der Waals surface area (Å²) in [6.07, 6.45) is 4.48. The molecule has 122 valence electrons. The van der Waals surface area contributed by atoms with Crippen molar-refractivity contribution in [1.29, 1.82) is 5.26 Å². The van der Waals surface area contributed by atoms with E-state index in [-0.39, 0.29) is 6.04 Å². The van der Waals surface area contributed by atoms with Crippen molar-refractivity contribution in [2.24, 2.45) is 0 Å². The highest BCUT2D eigenvalue weighted by Crippen LogP contribution is 2.32. The van der Waals surface area contributed by atoms with Gasteiger partial charge in [-0.05, 0) is 43.6 Å². The first-order valence-electron chi connectivity index (χ1n) is 8.07. The van der Waals surface area contributed by atoms with E-state index in [1.807, 2.05) is 18.2 Å². The summed E-state index contributed by atoms with van der Waals surface area (Å²) < 4.78 is 10.6. The van der Waals surface area contributed by atoms with E-state index >= 15 is 0 Å². The minimum atomic E-state index is -0.238. The van der Waals surface area contributed by atoms with Crippen LogP contribution in [-0.4, -0.2) is 32.2 Å². The molecule has 0 aliphatic heterocycles. The third-order valence-corrected chi connectivity index (χ3v) is 3.81. The van der Waals surface area contributed by atoms with E-state index in [1.165, 1.54) is 0 Å². The number of hydrogen-bond acceptors (Lipinski definition) is 4. The fraction of sp³-hybridized carbons (Fsp3) is 0.611. The van der Waals surface area contributed by atoms with Gasteiger partial charge in [0.05, 0.1) is 20.3 Å². The molecule has 0 saturated carbocycles. The summed E-state index contributed by atoms with van der Waals surface area (Å²) in [6, 6.07) is 7.96. The molecule has 4 heteroatoms. The highest BCUT2D eigenvalue weighted by Gasteiger charge is 2.20. The number of unbranched alkanes of at least 4 members (excludes halogenated alkanes) is 2. The highest BCUT2D eigenvalue weighted by molar-refractivity contribution is 5.44. The molecule has 1 aromatic rings. The Morgan fingerprint density at radius 2 is 1.64 bits per heavy atom. The van der Waals surface area contributed by atoms with Gasteiger partial charge in [-0.3, -0.25) is 4.90 Å². The van der Waals surface area contributed by atoms with Gasteiger partial charge in [0.1, 0.15) is 6.04 Å². The molecule has 0 bridgehead atoms. The topological polar surface area (TPSA) is 45.5 Å². The summed E-state index contributed by atoms with van der Waals surface area (Å²) >= 11 is 0. The maximum absolute atomic E-state index is 9.67. The molecule has 1 aromatic carbocycles. The number of rotatable bonds is 10. The number of ether oxygens (including phenoxy) is 2. The van der Waals surface area contributed by atoms with Crippen molar-refractivity contribution in [2.45, 2.75) is 45.6 Å². The van der Waals surface area contributed by atoms with E-state index < -0.39 is 0 Å². The molecule has 1 atom stereocenters.